The molecule has 4 nitrogen and oxygen atoms in total. The molecule has 0 radical (unpaired) electrons. The Kier molecular flexibility index (Phi) is 8.33. The summed E-state index contributed by atoms with van der Waals surface area (Å²) in [6, 6.07) is 59.9. The maximum Gasteiger partial charge on any atom is 0.160 e. The zero-order chi connectivity index (χ0) is 35.7. The molecule has 0 spiro atoms. The molecule has 53 heavy (non-hydrogen) atoms. The third-order valence-electron chi connectivity index (χ3n) is 10.1. The molecule has 254 valence electrons. The number of hydrogen-bond donors (Lipinski definition) is 0. The Morgan fingerprint density at radius 3 is 1.83 bits per heavy atom. The topological polar surface area (TPSA) is 34.0 Å². The Balaban J connectivity index is 1.26. The zero-order valence-corrected chi connectivity index (χ0v) is 29.8. The summed E-state index contributed by atoms with van der Waals surface area (Å²) in [4.78, 5) is 12.6. The van der Waals surface area contributed by atoms with E-state index in [2.05, 4.69) is 181 Å². The third-order valence-corrected chi connectivity index (χ3v) is 10.1. The molecule has 0 bridgehead atoms. The van der Waals surface area contributed by atoms with Gasteiger partial charge in [-0.1, -0.05) is 146 Å². The van der Waals surface area contributed by atoms with Crippen molar-refractivity contribution in [2.45, 2.75) is 20.3 Å². The highest BCUT2D eigenvalue weighted by Gasteiger charge is 2.31. The van der Waals surface area contributed by atoms with Crippen molar-refractivity contribution in [3.63, 3.8) is 0 Å². The van der Waals surface area contributed by atoms with Gasteiger partial charge in [0.2, 0.25) is 0 Å². The molecular formula is C49H38N4. The molecule has 0 fully saturated rings. The highest BCUT2D eigenvalue weighted by atomic mass is 15.2. The molecule has 2 aromatic heterocycles. The van der Waals surface area contributed by atoms with Gasteiger partial charge in [-0.05, 0) is 55.8 Å². The first-order valence-electron chi connectivity index (χ1n) is 18.3. The van der Waals surface area contributed by atoms with Crippen LogP contribution in [0.15, 0.2) is 188 Å². The molecule has 4 heteroatoms. The van der Waals surface area contributed by atoms with Crippen LogP contribution < -0.4 is 4.90 Å². The van der Waals surface area contributed by atoms with Gasteiger partial charge in [-0.25, -0.2) is 9.97 Å². The van der Waals surface area contributed by atoms with Crippen molar-refractivity contribution in [3.8, 4) is 50.8 Å². The van der Waals surface area contributed by atoms with E-state index in [1.807, 2.05) is 24.3 Å². The average molecular weight is 683 g/mol. The van der Waals surface area contributed by atoms with Crippen molar-refractivity contribution in [1.82, 2.24) is 14.5 Å². The number of nitrogens with zero attached hydrogens (tertiary/aromatic N) is 4. The summed E-state index contributed by atoms with van der Waals surface area (Å²) in [5.74, 6) is 0.711. The van der Waals surface area contributed by atoms with Gasteiger partial charge in [-0.3, -0.25) is 0 Å². The average Bonchev–Trinajstić information content (AvgIpc) is 3.52. The molecule has 0 saturated heterocycles. The molecule has 6 aromatic carbocycles. The van der Waals surface area contributed by atoms with E-state index in [1.165, 1.54) is 44.7 Å². The third kappa shape index (κ3) is 5.65. The molecule has 1 aliphatic heterocycles. The van der Waals surface area contributed by atoms with Crippen LogP contribution in [-0.2, 0) is 0 Å². The Morgan fingerprint density at radius 2 is 1.15 bits per heavy atom. The smallest absolute Gasteiger partial charge is 0.160 e. The van der Waals surface area contributed by atoms with Gasteiger partial charge in [0.1, 0.15) is 0 Å². The number of allylic oxidation sites excluding steroid dienone is 4. The van der Waals surface area contributed by atoms with Gasteiger partial charge in [-0.15, -0.1) is 0 Å². The van der Waals surface area contributed by atoms with Crippen LogP contribution in [0.4, 0.5) is 11.4 Å². The van der Waals surface area contributed by atoms with Gasteiger partial charge in [0.05, 0.1) is 28.3 Å². The number of benzene rings is 6. The minimum absolute atomic E-state index is 0.711. The number of aromatic nitrogens is 3. The largest absolute Gasteiger partial charge is 0.313 e. The highest BCUT2D eigenvalue weighted by molar-refractivity contribution is 6.09. The van der Waals surface area contributed by atoms with E-state index in [1.54, 1.807) is 0 Å². The molecule has 0 amide bonds. The van der Waals surface area contributed by atoms with Gasteiger partial charge in [0.15, 0.2) is 5.82 Å². The zero-order valence-electron chi connectivity index (χ0n) is 29.8. The van der Waals surface area contributed by atoms with Crippen molar-refractivity contribution in [2.24, 2.45) is 0 Å². The number of para-hydroxylation sites is 3. The second-order valence-corrected chi connectivity index (χ2v) is 13.2. The summed E-state index contributed by atoms with van der Waals surface area (Å²) < 4.78 is 2.45. The van der Waals surface area contributed by atoms with Crippen LogP contribution in [-0.4, -0.2) is 14.5 Å². The molecule has 3 heterocycles. The number of anilines is 2. The lowest BCUT2D eigenvalue weighted by atomic mass is 9.96. The fourth-order valence-corrected chi connectivity index (χ4v) is 7.73. The SMILES string of the molecule is C/C=C\C1=C(CC)N(c2ccccc2)c2ccccc2-c2c1c1ccccc1n2-c1ccc(-c2cc(-c3ccccc3)nc(-c3ccccc3)n2)cc1. The first kappa shape index (κ1) is 32.1. The molecule has 9 rings (SSSR count). The maximum absolute atomic E-state index is 5.10. The molecule has 0 N–H and O–H groups in total. The van der Waals surface area contributed by atoms with Gasteiger partial charge in [0.25, 0.3) is 0 Å². The van der Waals surface area contributed by atoms with E-state index in [0.717, 1.165) is 45.9 Å². The van der Waals surface area contributed by atoms with Crippen molar-refractivity contribution in [1.29, 1.82) is 0 Å². The second kappa shape index (κ2) is 13.7. The Morgan fingerprint density at radius 1 is 0.566 bits per heavy atom. The van der Waals surface area contributed by atoms with E-state index in [-0.39, 0.29) is 0 Å². The summed E-state index contributed by atoms with van der Waals surface area (Å²) >= 11 is 0. The van der Waals surface area contributed by atoms with Crippen LogP contribution in [0, 0.1) is 0 Å². The first-order valence-corrected chi connectivity index (χ1v) is 18.3. The minimum Gasteiger partial charge on any atom is -0.313 e. The van der Waals surface area contributed by atoms with Crippen LogP contribution in [0.1, 0.15) is 25.8 Å². The lowest BCUT2D eigenvalue weighted by molar-refractivity contribution is 1.02. The fourth-order valence-electron chi connectivity index (χ4n) is 7.73. The Hall–Kier alpha value is -6.78. The monoisotopic (exact) mass is 682 g/mol. The number of fused-ring (bicyclic) bond motifs is 5. The summed E-state index contributed by atoms with van der Waals surface area (Å²) in [7, 11) is 0. The van der Waals surface area contributed by atoms with Crippen LogP contribution >= 0.6 is 0 Å². The summed E-state index contributed by atoms with van der Waals surface area (Å²) in [5, 5.41) is 1.23. The summed E-state index contributed by atoms with van der Waals surface area (Å²) in [6.45, 7) is 4.38. The van der Waals surface area contributed by atoms with Gasteiger partial charge < -0.3 is 9.47 Å². The van der Waals surface area contributed by atoms with Crippen LogP contribution in [0.25, 0.3) is 67.3 Å². The normalized spacial score (nSPS) is 12.6. The van der Waals surface area contributed by atoms with E-state index >= 15 is 0 Å². The van der Waals surface area contributed by atoms with Crippen molar-refractivity contribution >= 4 is 27.9 Å². The van der Waals surface area contributed by atoms with Crippen molar-refractivity contribution in [3.05, 3.63) is 193 Å². The Labute approximate surface area is 310 Å². The van der Waals surface area contributed by atoms with Crippen LogP contribution in [0.3, 0.4) is 0 Å². The van der Waals surface area contributed by atoms with Gasteiger partial charge in [0, 0.05) is 55.8 Å². The van der Waals surface area contributed by atoms with Crippen molar-refractivity contribution < 1.29 is 0 Å². The predicted octanol–water partition coefficient (Wildman–Crippen LogP) is 12.9. The van der Waals surface area contributed by atoms with Gasteiger partial charge >= 0.3 is 0 Å². The van der Waals surface area contributed by atoms with Crippen molar-refractivity contribution in [2.75, 3.05) is 4.90 Å². The maximum atomic E-state index is 5.10. The van der Waals surface area contributed by atoms with E-state index < -0.39 is 0 Å². The van der Waals surface area contributed by atoms with E-state index in [0.29, 0.717) is 5.82 Å². The van der Waals surface area contributed by atoms with Crippen LogP contribution in [0.5, 0.6) is 0 Å². The number of hydrogen-bond acceptors (Lipinski definition) is 3. The molecule has 8 aromatic rings. The molecule has 0 unspecified atom stereocenters. The molecule has 1 aliphatic rings. The first-order chi connectivity index (χ1) is 26.2. The summed E-state index contributed by atoms with van der Waals surface area (Å²) in [5.41, 5.74) is 15.6. The highest BCUT2D eigenvalue weighted by Crippen LogP contribution is 2.50. The fraction of sp³-hybridized carbons (Fsp3) is 0.0612. The molecule has 0 aliphatic carbocycles. The lowest BCUT2D eigenvalue weighted by Crippen LogP contribution is -2.17. The second-order valence-electron chi connectivity index (χ2n) is 13.2. The molecule has 0 saturated carbocycles. The molecule has 0 atom stereocenters. The minimum atomic E-state index is 0.711. The van der Waals surface area contributed by atoms with E-state index in [4.69, 9.17) is 9.97 Å². The van der Waals surface area contributed by atoms with Gasteiger partial charge in [-0.2, -0.15) is 0 Å². The standard InChI is InChI=1S/C49H38N4/c1-3-18-39-44(4-2)52(37-23-12-7-13-24-37)46-28-17-15-26-41(46)48-47(39)40-25-14-16-27-45(40)53(48)38-31-29-35(30-32-38)43-33-42(34-19-8-5-9-20-34)50-49(51-43)36-21-10-6-11-22-36/h3,5-33H,4H2,1-2H3/b18-3-. The number of rotatable bonds is 7. The summed E-state index contributed by atoms with van der Waals surface area (Å²) in [6.07, 6.45) is 5.33. The Bertz CT molecular complexity index is 2580. The van der Waals surface area contributed by atoms with Crippen LogP contribution in [0.2, 0.25) is 0 Å². The molecular weight excluding hydrogens is 645 g/mol. The predicted molar refractivity (Wildman–Crippen MR) is 221 cm³/mol. The van der Waals surface area contributed by atoms with E-state index in [9.17, 15) is 0 Å². The quantitative estimate of drug-likeness (QED) is 0.168. The lowest BCUT2D eigenvalue weighted by Gasteiger charge is -2.29.